The molecule has 0 aliphatic heterocycles. The molecule has 3 heteroatoms. The molecule has 0 radical (unpaired) electrons. The maximum Gasteiger partial charge on any atom is 0.227 e. The van der Waals surface area contributed by atoms with Crippen molar-refractivity contribution >= 4 is 60.5 Å². The third-order valence-corrected chi connectivity index (χ3v) is 10.1. The molecular formula is C49H32N2O. The zero-order valence-electron chi connectivity index (χ0n) is 28.3. The summed E-state index contributed by atoms with van der Waals surface area (Å²) in [4.78, 5) is 7.33. The lowest BCUT2D eigenvalue weighted by molar-refractivity contribution is 0.620. The first kappa shape index (κ1) is 29.9. The molecule has 0 bridgehead atoms. The first-order valence-corrected chi connectivity index (χ1v) is 17.6. The summed E-state index contributed by atoms with van der Waals surface area (Å²) >= 11 is 0. The van der Waals surface area contributed by atoms with Gasteiger partial charge in [0, 0.05) is 28.0 Å². The van der Waals surface area contributed by atoms with Crippen LogP contribution in [0.1, 0.15) is 0 Å². The van der Waals surface area contributed by atoms with Gasteiger partial charge in [-0.2, -0.15) is 0 Å². The van der Waals surface area contributed by atoms with Gasteiger partial charge in [0.25, 0.3) is 0 Å². The number of oxazole rings is 1. The summed E-state index contributed by atoms with van der Waals surface area (Å²) < 4.78 is 6.37. The molecule has 0 saturated carbocycles. The van der Waals surface area contributed by atoms with Crippen LogP contribution in [0.2, 0.25) is 0 Å². The predicted molar refractivity (Wildman–Crippen MR) is 218 cm³/mol. The van der Waals surface area contributed by atoms with Gasteiger partial charge in [-0.1, -0.05) is 140 Å². The van der Waals surface area contributed by atoms with Gasteiger partial charge in [0.05, 0.1) is 0 Å². The number of fused-ring (bicyclic) bond motifs is 5. The summed E-state index contributed by atoms with van der Waals surface area (Å²) in [6.45, 7) is 0. The maximum atomic E-state index is 6.37. The van der Waals surface area contributed by atoms with Crippen molar-refractivity contribution in [3.63, 3.8) is 0 Å². The number of para-hydroxylation sites is 1. The molecule has 0 fully saturated rings. The van der Waals surface area contributed by atoms with E-state index in [1.807, 2.05) is 12.1 Å². The molecule has 0 unspecified atom stereocenters. The Bertz CT molecular complexity index is 2890. The molecule has 9 aromatic carbocycles. The van der Waals surface area contributed by atoms with E-state index in [4.69, 9.17) is 9.40 Å². The number of nitrogens with zero attached hydrogens (tertiary/aromatic N) is 2. The minimum atomic E-state index is 0.634. The average molecular weight is 665 g/mol. The summed E-state index contributed by atoms with van der Waals surface area (Å²) in [5.74, 6) is 0.634. The van der Waals surface area contributed by atoms with Crippen LogP contribution in [0.25, 0.3) is 77.1 Å². The molecule has 244 valence electrons. The van der Waals surface area contributed by atoms with Crippen LogP contribution in [0.4, 0.5) is 17.1 Å². The van der Waals surface area contributed by atoms with Crippen molar-refractivity contribution in [1.29, 1.82) is 0 Å². The highest BCUT2D eigenvalue weighted by molar-refractivity contribution is 6.07. The maximum absolute atomic E-state index is 6.37. The van der Waals surface area contributed by atoms with Crippen LogP contribution in [-0.4, -0.2) is 4.98 Å². The van der Waals surface area contributed by atoms with Crippen molar-refractivity contribution < 1.29 is 4.42 Å². The Balaban J connectivity index is 1.01. The van der Waals surface area contributed by atoms with Crippen LogP contribution in [-0.2, 0) is 0 Å². The number of anilines is 3. The van der Waals surface area contributed by atoms with Crippen molar-refractivity contribution in [1.82, 2.24) is 4.98 Å². The molecular weight excluding hydrogens is 633 g/mol. The average Bonchev–Trinajstić information content (AvgIpc) is 3.66. The van der Waals surface area contributed by atoms with E-state index in [9.17, 15) is 0 Å². The van der Waals surface area contributed by atoms with Crippen LogP contribution in [0.5, 0.6) is 0 Å². The van der Waals surface area contributed by atoms with Crippen molar-refractivity contribution in [2.24, 2.45) is 0 Å². The molecule has 52 heavy (non-hydrogen) atoms. The third kappa shape index (κ3) is 5.19. The summed E-state index contributed by atoms with van der Waals surface area (Å²) in [7, 11) is 0. The molecule has 1 heterocycles. The van der Waals surface area contributed by atoms with E-state index in [2.05, 4.69) is 187 Å². The zero-order valence-corrected chi connectivity index (χ0v) is 28.3. The summed E-state index contributed by atoms with van der Waals surface area (Å²) in [6, 6.07) is 68.8. The fourth-order valence-corrected chi connectivity index (χ4v) is 7.50. The fraction of sp³-hybridized carbons (Fsp3) is 0. The lowest BCUT2D eigenvalue weighted by Gasteiger charge is -2.26. The molecule has 0 N–H and O–H groups in total. The molecule has 1 aromatic heterocycles. The van der Waals surface area contributed by atoms with Crippen LogP contribution in [0.15, 0.2) is 199 Å². The lowest BCUT2D eigenvalue weighted by atomic mass is 9.94. The van der Waals surface area contributed by atoms with Crippen LogP contribution < -0.4 is 4.90 Å². The molecule has 0 spiro atoms. The van der Waals surface area contributed by atoms with E-state index >= 15 is 0 Å². The summed E-state index contributed by atoms with van der Waals surface area (Å²) in [5, 5.41) is 7.02. The second kappa shape index (κ2) is 12.4. The Morgan fingerprint density at radius 1 is 0.365 bits per heavy atom. The highest BCUT2D eigenvalue weighted by Crippen LogP contribution is 2.40. The van der Waals surface area contributed by atoms with Gasteiger partial charge in [-0.05, 0) is 104 Å². The van der Waals surface area contributed by atoms with Gasteiger partial charge in [0.1, 0.15) is 5.52 Å². The molecule has 0 amide bonds. The third-order valence-electron chi connectivity index (χ3n) is 10.1. The van der Waals surface area contributed by atoms with Crippen molar-refractivity contribution in [2.75, 3.05) is 4.90 Å². The van der Waals surface area contributed by atoms with E-state index < -0.39 is 0 Å². The highest BCUT2D eigenvalue weighted by Gasteiger charge is 2.17. The van der Waals surface area contributed by atoms with E-state index in [1.54, 1.807) is 0 Å². The van der Waals surface area contributed by atoms with Crippen molar-refractivity contribution in [3.8, 4) is 33.7 Å². The minimum Gasteiger partial charge on any atom is -0.436 e. The zero-order chi connectivity index (χ0) is 34.4. The molecule has 0 saturated heterocycles. The molecule has 0 aliphatic rings. The number of hydrogen-bond donors (Lipinski definition) is 0. The number of aromatic nitrogens is 1. The van der Waals surface area contributed by atoms with E-state index in [0.717, 1.165) is 60.8 Å². The number of hydrogen-bond acceptors (Lipinski definition) is 3. The lowest BCUT2D eigenvalue weighted by Crippen LogP contribution is -2.09. The predicted octanol–water partition coefficient (Wildman–Crippen LogP) is 13.8. The number of rotatable bonds is 6. The van der Waals surface area contributed by atoms with E-state index in [0.29, 0.717) is 5.89 Å². The first-order valence-electron chi connectivity index (χ1n) is 17.6. The Morgan fingerprint density at radius 3 is 1.65 bits per heavy atom. The fourth-order valence-electron chi connectivity index (χ4n) is 7.50. The molecule has 0 atom stereocenters. The highest BCUT2D eigenvalue weighted by atomic mass is 16.3. The van der Waals surface area contributed by atoms with E-state index in [-0.39, 0.29) is 0 Å². The van der Waals surface area contributed by atoms with Crippen molar-refractivity contribution in [2.45, 2.75) is 0 Å². The normalized spacial score (nSPS) is 11.5. The standard InChI is InChI=1S/C49H32N2O/c1-2-13-39(14-3-1)51(40-25-20-34(21-26-40)38-19-18-33-10-4-5-12-37(33)32-38)41-27-22-36(23-28-41)42-29-30-46(45-17-9-8-16-44(42)45)49-50-48-43-15-7-6-11-35(43)24-31-47(48)52-49/h1-32H. The molecule has 0 aliphatic carbocycles. The van der Waals surface area contributed by atoms with Gasteiger partial charge in [-0.15, -0.1) is 0 Å². The Morgan fingerprint density at radius 2 is 0.904 bits per heavy atom. The smallest absolute Gasteiger partial charge is 0.227 e. The first-order chi connectivity index (χ1) is 25.8. The van der Waals surface area contributed by atoms with Gasteiger partial charge >= 0.3 is 0 Å². The van der Waals surface area contributed by atoms with Gasteiger partial charge < -0.3 is 9.32 Å². The van der Waals surface area contributed by atoms with Crippen LogP contribution in [0, 0.1) is 0 Å². The molecule has 3 nitrogen and oxygen atoms in total. The van der Waals surface area contributed by atoms with Crippen LogP contribution in [0.3, 0.4) is 0 Å². The largest absolute Gasteiger partial charge is 0.436 e. The van der Waals surface area contributed by atoms with Gasteiger partial charge in [-0.25, -0.2) is 4.98 Å². The van der Waals surface area contributed by atoms with E-state index in [1.165, 1.54) is 27.5 Å². The van der Waals surface area contributed by atoms with Crippen molar-refractivity contribution in [3.05, 3.63) is 194 Å². The van der Waals surface area contributed by atoms with Crippen LogP contribution >= 0.6 is 0 Å². The monoisotopic (exact) mass is 664 g/mol. The summed E-state index contributed by atoms with van der Waals surface area (Å²) in [5.41, 5.74) is 10.7. The minimum absolute atomic E-state index is 0.634. The molecule has 10 rings (SSSR count). The Labute approximate surface area is 301 Å². The van der Waals surface area contributed by atoms with Gasteiger partial charge in [0.2, 0.25) is 5.89 Å². The second-order valence-electron chi connectivity index (χ2n) is 13.2. The topological polar surface area (TPSA) is 29.3 Å². The molecule has 10 aromatic rings. The SMILES string of the molecule is c1ccc(N(c2ccc(-c3ccc4ccccc4c3)cc2)c2ccc(-c3ccc(-c4nc5c(ccc6ccccc65)o4)c4ccccc34)cc2)cc1. The van der Waals surface area contributed by atoms with Gasteiger partial charge in [0.15, 0.2) is 5.58 Å². The quantitative estimate of drug-likeness (QED) is 0.177. The number of benzene rings is 9. The Hall–Kier alpha value is -6.97. The second-order valence-corrected chi connectivity index (χ2v) is 13.2. The van der Waals surface area contributed by atoms with Gasteiger partial charge in [-0.3, -0.25) is 0 Å². The Kier molecular flexibility index (Phi) is 7.14. The summed E-state index contributed by atoms with van der Waals surface area (Å²) in [6.07, 6.45) is 0.